The first kappa shape index (κ1) is 11.0. The fourth-order valence-corrected chi connectivity index (χ4v) is 1.71. The summed E-state index contributed by atoms with van der Waals surface area (Å²) in [6.07, 6.45) is 2.81. The second kappa shape index (κ2) is 5.56. The van der Waals surface area contributed by atoms with Crippen molar-refractivity contribution in [2.75, 3.05) is 25.1 Å². The van der Waals surface area contributed by atoms with Crippen LogP contribution in [0, 0.1) is 0 Å². The quantitative estimate of drug-likeness (QED) is 0.772. The molecule has 2 rings (SSSR count). The lowest BCUT2D eigenvalue weighted by atomic mass is 10.2. The molecule has 1 fully saturated rings. The number of benzene rings is 1. The van der Waals surface area contributed by atoms with Crippen molar-refractivity contribution in [2.24, 2.45) is 0 Å². The number of hydrogen-bond acceptors (Lipinski definition) is 3. The van der Waals surface area contributed by atoms with Crippen LogP contribution in [0.1, 0.15) is 6.42 Å². The lowest BCUT2D eigenvalue weighted by Crippen LogP contribution is -2.18. The third-order valence-electron chi connectivity index (χ3n) is 2.50. The second-order valence-electron chi connectivity index (χ2n) is 3.83. The third kappa shape index (κ3) is 3.00. The Kier molecular flexibility index (Phi) is 3.83. The van der Waals surface area contributed by atoms with Gasteiger partial charge in [0.15, 0.2) is 0 Å². The summed E-state index contributed by atoms with van der Waals surface area (Å²) < 4.78 is 10.8. The minimum Gasteiger partial charge on any atom is -0.489 e. The van der Waals surface area contributed by atoms with E-state index in [0.29, 0.717) is 12.6 Å². The standard InChI is InChI=1S/C13H17NO2/c1-2-7-16-13-5-3-4-11(9-13)14-12-6-8-15-10-12/h2-5,9,12,14H,1,6-8,10H2. The van der Waals surface area contributed by atoms with E-state index in [-0.39, 0.29) is 0 Å². The first-order valence-corrected chi connectivity index (χ1v) is 5.56. The van der Waals surface area contributed by atoms with Gasteiger partial charge in [-0.2, -0.15) is 0 Å². The molecule has 1 heterocycles. The fourth-order valence-electron chi connectivity index (χ4n) is 1.71. The van der Waals surface area contributed by atoms with E-state index in [1.54, 1.807) is 6.08 Å². The molecule has 0 radical (unpaired) electrons. The van der Waals surface area contributed by atoms with Gasteiger partial charge in [0.2, 0.25) is 0 Å². The van der Waals surface area contributed by atoms with Crippen molar-refractivity contribution in [2.45, 2.75) is 12.5 Å². The summed E-state index contributed by atoms with van der Waals surface area (Å²) in [5, 5.41) is 3.43. The second-order valence-corrected chi connectivity index (χ2v) is 3.83. The topological polar surface area (TPSA) is 30.5 Å². The molecule has 0 bridgehead atoms. The highest BCUT2D eigenvalue weighted by Crippen LogP contribution is 2.19. The highest BCUT2D eigenvalue weighted by molar-refractivity contribution is 5.49. The first-order chi connectivity index (χ1) is 7.88. The van der Waals surface area contributed by atoms with E-state index in [1.165, 1.54) is 0 Å². The molecule has 1 saturated heterocycles. The van der Waals surface area contributed by atoms with E-state index in [4.69, 9.17) is 9.47 Å². The lowest BCUT2D eigenvalue weighted by Gasteiger charge is -2.13. The zero-order valence-electron chi connectivity index (χ0n) is 9.32. The number of rotatable bonds is 5. The SMILES string of the molecule is C=CCOc1cccc(NC2CCOC2)c1. The van der Waals surface area contributed by atoms with Crippen molar-refractivity contribution in [3.8, 4) is 5.75 Å². The van der Waals surface area contributed by atoms with Gasteiger partial charge in [0.05, 0.1) is 12.6 Å². The van der Waals surface area contributed by atoms with Crippen LogP contribution in [0.5, 0.6) is 5.75 Å². The van der Waals surface area contributed by atoms with E-state index in [2.05, 4.69) is 11.9 Å². The van der Waals surface area contributed by atoms with Gasteiger partial charge in [-0.15, -0.1) is 0 Å². The Balaban J connectivity index is 1.94. The van der Waals surface area contributed by atoms with Crippen LogP contribution in [0.3, 0.4) is 0 Å². The van der Waals surface area contributed by atoms with E-state index in [1.807, 2.05) is 24.3 Å². The maximum Gasteiger partial charge on any atom is 0.121 e. The molecule has 1 aromatic rings. The Hall–Kier alpha value is -1.48. The Morgan fingerprint density at radius 1 is 1.56 bits per heavy atom. The number of nitrogens with one attached hydrogen (secondary N) is 1. The Morgan fingerprint density at radius 2 is 2.50 bits per heavy atom. The van der Waals surface area contributed by atoms with Crippen molar-refractivity contribution in [1.82, 2.24) is 0 Å². The van der Waals surface area contributed by atoms with Crippen LogP contribution >= 0.6 is 0 Å². The normalized spacial score (nSPS) is 19.4. The average molecular weight is 219 g/mol. The van der Waals surface area contributed by atoms with Gasteiger partial charge in [-0.05, 0) is 18.6 Å². The Bertz CT molecular complexity index is 346. The van der Waals surface area contributed by atoms with Crippen LogP contribution in [0.25, 0.3) is 0 Å². The summed E-state index contributed by atoms with van der Waals surface area (Å²) in [6, 6.07) is 8.40. The molecular formula is C13H17NO2. The molecule has 16 heavy (non-hydrogen) atoms. The number of hydrogen-bond donors (Lipinski definition) is 1. The van der Waals surface area contributed by atoms with Gasteiger partial charge < -0.3 is 14.8 Å². The molecule has 3 heteroatoms. The van der Waals surface area contributed by atoms with E-state index in [0.717, 1.165) is 31.1 Å². The minimum atomic E-state index is 0.426. The van der Waals surface area contributed by atoms with Crippen LogP contribution in [0.2, 0.25) is 0 Å². The summed E-state index contributed by atoms with van der Waals surface area (Å²) in [5.41, 5.74) is 1.08. The molecule has 0 spiro atoms. The monoisotopic (exact) mass is 219 g/mol. The highest BCUT2D eigenvalue weighted by atomic mass is 16.5. The van der Waals surface area contributed by atoms with E-state index in [9.17, 15) is 0 Å². The van der Waals surface area contributed by atoms with Crippen molar-refractivity contribution >= 4 is 5.69 Å². The molecule has 1 atom stereocenters. The summed E-state index contributed by atoms with van der Waals surface area (Å²) in [7, 11) is 0. The van der Waals surface area contributed by atoms with E-state index < -0.39 is 0 Å². The van der Waals surface area contributed by atoms with Crippen molar-refractivity contribution in [3.05, 3.63) is 36.9 Å². The molecule has 1 N–H and O–H groups in total. The third-order valence-corrected chi connectivity index (χ3v) is 2.50. The maximum atomic E-state index is 5.47. The highest BCUT2D eigenvalue weighted by Gasteiger charge is 2.14. The molecule has 3 nitrogen and oxygen atoms in total. The molecule has 1 aliphatic rings. The minimum absolute atomic E-state index is 0.426. The molecule has 1 aromatic carbocycles. The fraction of sp³-hybridized carbons (Fsp3) is 0.385. The summed E-state index contributed by atoms with van der Waals surface area (Å²) in [6.45, 7) is 5.80. The van der Waals surface area contributed by atoms with Crippen LogP contribution in [0.4, 0.5) is 5.69 Å². The molecule has 86 valence electrons. The molecule has 0 saturated carbocycles. The first-order valence-electron chi connectivity index (χ1n) is 5.56. The molecule has 0 aromatic heterocycles. The van der Waals surface area contributed by atoms with Gasteiger partial charge in [-0.1, -0.05) is 18.7 Å². The van der Waals surface area contributed by atoms with Crippen molar-refractivity contribution in [3.63, 3.8) is 0 Å². The zero-order chi connectivity index (χ0) is 11.2. The molecule has 1 unspecified atom stereocenters. The van der Waals surface area contributed by atoms with Crippen molar-refractivity contribution in [1.29, 1.82) is 0 Å². The van der Waals surface area contributed by atoms with Crippen molar-refractivity contribution < 1.29 is 9.47 Å². The van der Waals surface area contributed by atoms with Gasteiger partial charge in [0.25, 0.3) is 0 Å². The molecule has 1 aliphatic heterocycles. The van der Waals surface area contributed by atoms with Gasteiger partial charge in [0.1, 0.15) is 12.4 Å². The average Bonchev–Trinajstić information content (AvgIpc) is 2.80. The lowest BCUT2D eigenvalue weighted by molar-refractivity contribution is 0.195. The van der Waals surface area contributed by atoms with Gasteiger partial charge in [-0.3, -0.25) is 0 Å². The maximum absolute atomic E-state index is 5.47. The molecular weight excluding hydrogens is 202 g/mol. The molecule has 0 aliphatic carbocycles. The number of ether oxygens (including phenoxy) is 2. The summed E-state index contributed by atoms with van der Waals surface area (Å²) in [4.78, 5) is 0. The summed E-state index contributed by atoms with van der Waals surface area (Å²) in [5.74, 6) is 0.865. The largest absolute Gasteiger partial charge is 0.489 e. The zero-order valence-corrected chi connectivity index (χ0v) is 9.32. The predicted octanol–water partition coefficient (Wildman–Crippen LogP) is 2.45. The Morgan fingerprint density at radius 3 is 3.25 bits per heavy atom. The smallest absolute Gasteiger partial charge is 0.121 e. The van der Waals surface area contributed by atoms with Crippen LogP contribution in [-0.2, 0) is 4.74 Å². The molecule has 0 amide bonds. The van der Waals surface area contributed by atoms with Gasteiger partial charge in [-0.25, -0.2) is 0 Å². The summed E-state index contributed by atoms with van der Waals surface area (Å²) >= 11 is 0. The van der Waals surface area contributed by atoms with Gasteiger partial charge in [0, 0.05) is 18.4 Å². The predicted molar refractivity (Wildman–Crippen MR) is 65.0 cm³/mol. The Labute approximate surface area is 96.1 Å². The van der Waals surface area contributed by atoms with Crippen LogP contribution < -0.4 is 10.1 Å². The van der Waals surface area contributed by atoms with E-state index >= 15 is 0 Å². The number of anilines is 1. The van der Waals surface area contributed by atoms with Crippen LogP contribution in [0.15, 0.2) is 36.9 Å². The van der Waals surface area contributed by atoms with Crippen LogP contribution in [-0.4, -0.2) is 25.9 Å². The van der Waals surface area contributed by atoms with Gasteiger partial charge >= 0.3 is 0 Å².